The minimum Gasteiger partial charge on any atom is -0.391 e. The van der Waals surface area contributed by atoms with Crippen molar-refractivity contribution in [1.29, 1.82) is 0 Å². The first kappa shape index (κ1) is 18.7. The molecule has 2 aromatic rings. The Hall–Kier alpha value is -2.66. The minimum absolute atomic E-state index is 0.188. The van der Waals surface area contributed by atoms with Gasteiger partial charge in [-0.3, -0.25) is 9.59 Å². The number of hydrogen-bond acceptors (Lipinski definition) is 3. The number of amides is 2. The van der Waals surface area contributed by atoms with E-state index in [4.69, 9.17) is 0 Å². The number of carbonyl (C=O) groups excluding carboxylic acids is 2. The third kappa shape index (κ3) is 5.16. The summed E-state index contributed by atoms with van der Waals surface area (Å²) in [7, 11) is 1.70. The molecule has 2 rings (SSSR count). The van der Waals surface area contributed by atoms with E-state index in [2.05, 4.69) is 5.32 Å². The molecule has 0 aromatic heterocycles. The molecule has 25 heavy (non-hydrogen) atoms. The summed E-state index contributed by atoms with van der Waals surface area (Å²) in [5, 5.41) is 12.4. The van der Waals surface area contributed by atoms with Crippen molar-refractivity contribution in [3.63, 3.8) is 0 Å². The molecule has 1 atom stereocenters. The van der Waals surface area contributed by atoms with Gasteiger partial charge >= 0.3 is 0 Å². The summed E-state index contributed by atoms with van der Waals surface area (Å²) in [6, 6.07) is 15.9. The standard InChI is InChI=1S/C20H24N2O3/c1-3-8-18(23)14-21-19(24)15-9-7-10-16(13-15)20(25)22(2)17-11-5-4-6-12-17/h4-7,9-13,18,23H,3,8,14H2,1-2H3,(H,21,24). The molecular weight excluding hydrogens is 316 g/mol. The number of nitrogens with zero attached hydrogens (tertiary/aromatic N) is 1. The number of hydrogen-bond donors (Lipinski definition) is 2. The lowest BCUT2D eigenvalue weighted by Gasteiger charge is -2.17. The van der Waals surface area contributed by atoms with Gasteiger partial charge in [-0.25, -0.2) is 0 Å². The predicted molar refractivity (Wildman–Crippen MR) is 98.9 cm³/mol. The zero-order chi connectivity index (χ0) is 18.2. The van der Waals surface area contributed by atoms with E-state index in [1.165, 1.54) is 0 Å². The normalized spacial score (nSPS) is 11.6. The monoisotopic (exact) mass is 340 g/mol. The highest BCUT2D eigenvalue weighted by atomic mass is 16.3. The zero-order valence-electron chi connectivity index (χ0n) is 14.6. The highest BCUT2D eigenvalue weighted by molar-refractivity contribution is 6.07. The van der Waals surface area contributed by atoms with Crippen LogP contribution in [0.2, 0.25) is 0 Å². The number of aliphatic hydroxyl groups excluding tert-OH is 1. The Morgan fingerprint density at radius 1 is 1.08 bits per heavy atom. The van der Waals surface area contributed by atoms with Gasteiger partial charge < -0.3 is 15.3 Å². The van der Waals surface area contributed by atoms with Gasteiger partial charge in [-0.2, -0.15) is 0 Å². The second kappa shape index (κ2) is 8.99. The average molecular weight is 340 g/mol. The molecule has 132 valence electrons. The summed E-state index contributed by atoms with van der Waals surface area (Å²) in [5.41, 5.74) is 1.62. The molecule has 5 heteroatoms. The van der Waals surface area contributed by atoms with Crippen molar-refractivity contribution in [1.82, 2.24) is 5.32 Å². The maximum absolute atomic E-state index is 12.6. The van der Waals surface area contributed by atoms with Crippen molar-refractivity contribution >= 4 is 17.5 Å². The van der Waals surface area contributed by atoms with Gasteiger partial charge in [0.15, 0.2) is 0 Å². The average Bonchev–Trinajstić information content (AvgIpc) is 2.66. The van der Waals surface area contributed by atoms with Crippen molar-refractivity contribution in [2.75, 3.05) is 18.5 Å². The van der Waals surface area contributed by atoms with Gasteiger partial charge in [0.05, 0.1) is 6.10 Å². The maximum Gasteiger partial charge on any atom is 0.258 e. The highest BCUT2D eigenvalue weighted by Crippen LogP contribution is 2.15. The lowest BCUT2D eigenvalue weighted by atomic mass is 10.1. The Morgan fingerprint density at radius 3 is 2.44 bits per heavy atom. The zero-order valence-corrected chi connectivity index (χ0v) is 14.6. The van der Waals surface area contributed by atoms with Crippen molar-refractivity contribution in [2.24, 2.45) is 0 Å². The Kier molecular flexibility index (Phi) is 6.71. The molecule has 0 bridgehead atoms. The topological polar surface area (TPSA) is 69.6 Å². The van der Waals surface area contributed by atoms with Crippen LogP contribution in [0.4, 0.5) is 5.69 Å². The minimum atomic E-state index is -0.553. The largest absolute Gasteiger partial charge is 0.391 e. The molecular formula is C20H24N2O3. The van der Waals surface area contributed by atoms with Crippen LogP contribution in [0, 0.1) is 0 Å². The SMILES string of the molecule is CCCC(O)CNC(=O)c1cccc(C(=O)N(C)c2ccccc2)c1. The first-order valence-corrected chi connectivity index (χ1v) is 8.42. The first-order valence-electron chi connectivity index (χ1n) is 8.42. The van der Waals surface area contributed by atoms with E-state index in [0.717, 1.165) is 12.1 Å². The fraction of sp³-hybridized carbons (Fsp3) is 0.300. The van der Waals surface area contributed by atoms with Gasteiger partial charge in [0.2, 0.25) is 0 Å². The van der Waals surface area contributed by atoms with Gasteiger partial charge in [0.1, 0.15) is 0 Å². The van der Waals surface area contributed by atoms with Crippen LogP contribution in [0.5, 0.6) is 0 Å². The van der Waals surface area contributed by atoms with E-state index in [1.54, 1.807) is 36.2 Å². The molecule has 1 unspecified atom stereocenters. The third-order valence-corrected chi connectivity index (χ3v) is 3.94. The van der Waals surface area contributed by atoms with Crippen LogP contribution < -0.4 is 10.2 Å². The van der Waals surface area contributed by atoms with E-state index in [0.29, 0.717) is 17.5 Å². The van der Waals surface area contributed by atoms with Gasteiger partial charge in [-0.15, -0.1) is 0 Å². The molecule has 0 aliphatic rings. The molecule has 0 aliphatic carbocycles. The van der Waals surface area contributed by atoms with Crippen LogP contribution in [0.15, 0.2) is 54.6 Å². The molecule has 0 saturated heterocycles. The number of anilines is 1. The van der Waals surface area contributed by atoms with Crippen LogP contribution in [0.3, 0.4) is 0 Å². The number of benzene rings is 2. The molecule has 0 heterocycles. The fourth-order valence-corrected chi connectivity index (χ4v) is 2.50. The summed E-state index contributed by atoms with van der Waals surface area (Å²) in [6.45, 7) is 2.18. The molecule has 0 radical (unpaired) electrons. The second-order valence-corrected chi connectivity index (χ2v) is 5.93. The summed E-state index contributed by atoms with van der Waals surface area (Å²) < 4.78 is 0. The second-order valence-electron chi connectivity index (χ2n) is 5.93. The van der Waals surface area contributed by atoms with Gasteiger partial charge in [0, 0.05) is 30.4 Å². The number of para-hydroxylation sites is 1. The Labute approximate surface area is 148 Å². The fourth-order valence-electron chi connectivity index (χ4n) is 2.50. The molecule has 0 spiro atoms. The maximum atomic E-state index is 12.6. The Bertz CT molecular complexity index is 716. The van der Waals surface area contributed by atoms with Crippen LogP contribution in [-0.2, 0) is 0 Å². The van der Waals surface area contributed by atoms with Crippen LogP contribution in [0.1, 0.15) is 40.5 Å². The number of nitrogens with one attached hydrogen (secondary N) is 1. The van der Waals surface area contributed by atoms with E-state index >= 15 is 0 Å². The lowest BCUT2D eigenvalue weighted by molar-refractivity contribution is 0.0910. The van der Waals surface area contributed by atoms with Gasteiger partial charge in [-0.1, -0.05) is 37.6 Å². The van der Waals surface area contributed by atoms with Crippen LogP contribution in [0.25, 0.3) is 0 Å². The lowest BCUT2D eigenvalue weighted by Crippen LogP contribution is -2.32. The first-order chi connectivity index (χ1) is 12.0. The van der Waals surface area contributed by atoms with Gasteiger partial charge in [-0.05, 0) is 36.8 Å². The highest BCUT2D eigenvalue weighted by Gasteiger charge is 2.15. The molecule has 2 aromatic carbocycles. The van der Waals surface area contributed by atoms with Gasteiger partial charge in [0.25, 0.3) is 11.8 Å². The summed E-state index contributed by atoms with van der Waals surface area (Å²) in [4.78, 5) is 26.4. The van der Waals surface area contributed by atoms with Crippen LogP contribution >= 0.6 is 0 Å². The Balaban J connectivity index is 2.07. The van der Waals surface area contributed by atoms with E-state index in [-0.39, 0.29) is 18.4 Å². The van der Waals surface area contributed by atoms with Crippen molar-refractivity contribution in [2.45, 2.75) is 25.9 Å². The molecule has 0 fully saturated rings. The van der Waals surface area contributed by atoms with E-state index in [9.17, 15) is 14.7 Å². The van der Waals surface area contributed by atoms with Crippen LogP contribution in [-0.4, -0.2) is 36.6 Å². The van der Waals surface area contributed by atoms with Crippen molar-refractivity contribution in [3.8, 4) is 0 Å². The molecule has 2 amide bonds. The van der Waals surface area contributed by atoms with E-state index in [1.807, 2.05) is 37.3 Å². The van der Waals surface area contributed by atoms with E-state index < -0.39 is 6.10 Å². The smallest absolute Gasteiger partial charge is 0.258 e. The summed E-state index contributed by atoms with van der Waals surface area (Å²) >= 11 is 0. The molecule has 2 N–H and O–H groups in total. The number of carbonyl (C=O) groups is 2. The molecule has 0 saturated carbocycles. The number of rotatable bonds is 7. The predicted octanol–water partition coefficient (Wildman–Crippen LogP) is 2.85. The van der Waals surface area contributed by atoms with Crippen molar-refractivity contribution < 1.29 is 14.7 Å². The quantitative estimate of drug-likeness (QED) is 0.814. The summed E-state index contributed by atoms with van der Waals surface area (Å²) in [6.07, 6.45) is 0.941. The summed E-state index contributed by atoms with van der Waals surface area (Å²) in [5.74, 6) is -0.487. The third-order valence-electron chi connectivity index (χ3n) is 3.94. The van der Waals surface area contributed by atoms with Crippen molar-refractivity contribution in [3.05, 3.63) is 65.7 Å². The molecule has 5 nitrogen and oxygen atoms in total. The number of aliphatic hydroxyl groups is 1. The molecule has 0 aliphatic heterocycles. The Morgan fingerprint density at radius 2 is 1.76 bits per heavy atom.